The number of nitrogens with one attached hydrogen (secondary N) is 3. The van der Waals surface area contributed by atoms with E-state index in [9.17, 15) is 9.59 Å². The number of hydrazine groups is 1. The Labute approximate surface area is 125 Å². The van der Waals surface area contributed by atoms with Gasteiger partial charge in [0.25, 0.3) is 5.56 Å². The number of benzene rings is 2. The van der Waals surface area contributed by atoms with Crippen LogP contribution in [0, 0.1) is 0 Å². The Bertz CT molecular complexity index is 968. The molecule has 6 heteroatoms. The zero-order valence-electron chi connectivity index (χ0n) is 11.7. The van der Waals surface area contributed by atoms with E-state index in [-0.39, 0.29) is 5.56 Å². The Hall–Kier alpha value is -2.86. The molecule has 0 fully saturated rings. The molecule has 0 unspecified atom stereocenters. The quantitative estimate of drug-likeness (QED) is 0.664. The predicted molar refractivity (Wildman–Crippen MR) is 84.7 cm³/mol. The maximum absolute atomic E-state index is 11.8. The van der Waals surface area contributed by atoms with Crippen molar-refractivity contribution in [2.24, 2.45) is 0 Å². The predicted octanol–water partition coefficient (Wildman–Crippen LogP) is 1.24. The highest BCUT2D eigenvalue weighted by molar-refractivity contribution is 5.85. The average molecular weight is 294 g/mol. The van der Waals surface area contributed by atoms with Gasteiger partial charge in [0.2, 0.25) is 0 Å². The summed E-state index contributed by atoms with van der Waals surface area (Å²) in [4.78, 5) is 28.2. The Kier molecular flexibility index (Phi) is 2.83. The van der Waals surface area contributed by atoms with Gasteiger partial charge in [-0.1, -0.05) is 42.5 Å². The second-order valence-electron chi connectivity index (χ2n) is 5.29. The number of hydrogen-bond acceptors (Lipinski definition) is 4. The molecule has 3 N–H and O–H groups in total. The van der Waals surface area contributed by atoms with Crippen LogP contribution in [0.3, 0.4) is 0 Å². The third kappa shape index (κ3) is 2.01. The first kappa shape index (κ1) is 12.8. The fourth-order valence-electron chi connectivity index (χ4n) is 2.88. The third-order valence-electron chi connectivity index (χ3n) is 3.94. The highest BCUT2D eigenvalue weighted by Gasteiger charge is 2.23. The van der Waals surface area contributed by atoms with Gasteiger partial charge in [0, 0.05) is 6.54 Å². The van der Waals surface area contributed by atoms with E-state index in [1.54, 1.807) is 0 Å². The van der Waals surface area contributed by atoms with E-state index < -0.39 is 5.69 Å². The lowest BCUT2D eigenvalue weighted by molar-refractivity contribution is 0.663. The molecule has 0 radical (unpaired) electrons. The number of anilines is 1. The summed E-state index contributed by atoms with van der Waals surface area (Å²) < 4.78 is 0. The molecule has 2 aromatic carbocycles. The first-order valence-corrected chi connectivity index (χ1v) is 7.05. The highest BCUT2D eigenvalue weighted by atomic mass is 16.2. The van der Waals surface area contributed by atoms with E-state index in [1.165, 1.54) is 5.39 Å². The number of nitrogens with zero attached hydrogens (tertiary/aromatic N) is 1. The molecule has 110 valence electrons. The topological polar surface area (TPSA) is 81.0 Å². The van der Waals surface area contributed by atoms with Crippen LogP contribution in [0.5, 0.6) is 0 Å². The van der Waals surface area contributed by atoms with E-state index in [1.807, 2.05) is 29.3 Å². The monoisotopic (exact) mass is 294 g/mol. The molecule has 2 heterocycles. The second kappa shape index (κ2) is 4.85. The lowest BCUT2D eigenvalue weighted by atomic mass is 10.0. The minimum Gasteiger partial charge on any atom is -0.292 e. The highest BCUT2D eigenvalue weighted by Crippen LogP contribution is 2.24. The van der Waals surface area contributed by atoms with E-state index >= 15 is 0 Å². The molecule has 4 rings (SSSR count). The van der Waals surface area contributed by atoms with Crippen LogP contribution < -0.4 is 21.7 Å². The van der Waals surface area contributed by atoms with Crippen molar-refractivity contribution in [3.8, 4) is 0 Å². The molecule has 0 spiro atoms. The van der Waals surface area contributed by atoms with Gasteiger partial charge in [-0.05, 0) is 16.3 Å². The molecule has 1 aliphatic heterocycles. The van der Waals surface area contributed by atoms with Gasteiger partial charge < -0.3 is 0 Å². The summed E-state index contributed by atoms with van der Waals surface area (Å²) in [6.07, 6.45) is 0. The molecule has 22 heavy (non-hydrogen) atoms. The first-order chi connectivity index (χ1) is 10.7. The minimum absolute atomic E-state index is 0.341. The normalized spacial score (nSPS) is 13.5. The van der Waals surface area contributed by atoms with Crippen molar-refractivity contribution >= 4 is 16.6 Å². The lowest BCUT2D eigenvalue weighted by Crippen LogP contribution is -2.33. The summed E-state index contributed by atoms with van der Waals surface area (Å²) >= 11 is 0. The van der Waals surface area contributed by atoms with Crippen molar-refractivity contribution in [3.63, 3.8) is 0 Å². The van der Waals surface area contributed by atoms with Crippen LogP contribution in [0.15, 0.2) is 52.1 Å². The van der Waals surface area contributed by atoms with Crippen molar-refractivity contribution in [2.75, 3.05) is 5.01 Å². The number of rotatable bonds is 2. The fourth-order valence-corrected chi connectivity index (χ4v) is 2.88. The zero-order valence-corrected chi connectivity index (χ0v) is 11.7. The third-order valence-corrected chi connectivity index (χ3v) is 3.94. The molecule has 1 aromatic heterocycles. The van der Waals surface area contributed by atoms with Gasteiger partial charge >= 0.3 is 5.69 Å². The number of H-pyrrole nitrogens is 2. The van der Waals surface area contributed by atoms with Gasteiger partial charge in [0.15, 0.2) is 0 Å². The van der Waals surface area contributed by atoms with Crippen molar-refractivity contribution in [2.45, 2.75) is 13.1 Å². The SMILES string of the molecule is O=c1[nH]c2c(c(=O)[nH]1)CNN2Cc1cccc2ccccc12. The van der Waals surface area contributed by atoms with Crippen LogP contribution in [0.25, 0.3) is 10.8 Å². The molecular weight excluding hydrogens is 280 g/mol. The van der Waals surface area contributed by atoms with E-state index in [2.05, 4.69) is 33.6 Å². The Morgan fingerprint density at radius 1 is 1.00 bits per heavy atom. The van der Waals surface area contributed by atoms with Crippen LogP contribution in [0.2, 0.25) is 0 Å². The van der Waals surface area contributed by atoms with Gasteiger partial charge in [0.05, 0.1) is 12.1 Å². The molecule has 0 saturated carbocycles. The van der Waals surface area contributed by atoms with Crippen molar-refractivity contribution < 1.29 is 0 Å². The van der Waals surface area contributed by atoms with E-state index in [0.29, 0.717) is 24.5 Å². The van der Waals surface area contributed by atoms with Gasteiger partial charge in [-0.25, -0.2) is 10.2 Å². The molecule has 0 aliphatic carbocycles. The number of aromatic amines is 2. The fraction of sp³-hybridized carbons (Fsp3) is 0.125. The summed E-state index contributed by atoms with van der Waals surface area (Å²) in [5.74, 6) is 0.543. The van der Waals surface area contributed by atoms with E-state index in [0.717, 1.165) is 10.9 Å². The van der Waals surface area contributed by atoms with Gasteiger partial charge in [-0.15, -0.1) is 0 Å². The lowest BCUT2D eigenvalue weighted by Gasteiger charge is -2.19. The van der Waals surface area contributed by atoms with Crippen LogP contribution >= 0.6 is 0 Å². The second-order valence-corrected chi connectivity index (χ2v) is 5.29. The maximum Gasteiger partial charge on any atom is 0.327 e. The van der Waals surface area contributed by atoms with Crippen LogP contribution in [-0.4, -0.2) is 9.97 Å². The largest absolute Gasteiger partial charge is 0.327 e. The number of hydrogen-bond donors (Lipinski definition) is 3. The molecule has 0 saturated heterocycles. The summed E-state index contributed by atoms with van der Waals surface area (Å²) in [5.41, 5.74) is 4.00. The standard InChI is InChI=1S/C16H14N4O2/c21-15-13-8-17-20(14(13)18-16(22)19-15)9-11-6-3-5-10-4-1-2-7-12(10)11/h1-7,17H,8-9H2,(H2,18,19,21,22). The first-order valence-electron chi connectivity index (χ1n) is 7.05. The van der Waals surface area contributed by atoms with Crippen LogP contribution in [0.4, 0.5) is 5.82 Å². The molecule has 0 atom stereocenters. The van der Waals surface area contributed by atoms with Crippen molar-refractivity contribution in [1.82, 2.24) is 15.4 Å². The molecule has 0 bridgehead atoms. The molecule has 6 nitrogen and oxygen atoms in total. The summed E-state index contributed by atoms with van der Waals surface area (Å²) in [6.45, 7) is 0.972. The van der Waals surface area contributed by atoms with Gasteiger partial charge in [-0.3, -0.25) is 19.8 Å². The Morgan fingerprint density at radius 2 is 1.82 bits per heavy atom. The van der Waals surface area contributed by atoms with Crippen molar-refractivity contribution in [3.05, 3.63) is 74.4 Å². The van der Waals surface area contributed by atoms with Crippen molar-refractivity contribution in [1.29, 1.82) is 0 Å². The van der Waals surface area contributed by atoms with E-state index in [4.69, 9.17) is 0 Å². The summed E-state index contributed by atoms with van der Waals surface area (Å²) in [5, 5.41) is 4.14. The minimum atomic E-state index is -0.490. The number of aromatic nitrogens is 2. The Morgan fingerprint density at radius 3 is 2.73 bits per heavy atom. The molecule has 3 aromatic rings. The van der Waals surface area contributed by atoms with Gasteiger partial charge in [0.1, 0.15) is 5.82 Å². The summed E-state index contributed by atoms with van der Waals surface area (Å²) in [7, 11) is 0. The molecule has 0 amide bonds. The van der Waals surface area contributed by atoms with Crippen LogP contribution in [-0.2, 0) is 13.1 Å². The maximum atomic E-state index is 11.8. The molecular formula is C16H14N4O2. The smallest absolute Gasteiger partial charge is 0.292 e. The van der Waals surface area contributed by atoms with Gasteiger partial charge in [-0.2, -0.15) is 0 Å². The average Bonchev–Trinajstić information content (AvgIpc) is 2.91. The number of fused-ring (bicyclic) bond motifs is 2. The van der Waals surface area contributed by atoms with Crippen LogP contribution in [0.1, 0.15) is 11.1 Å². The summed E-state index contributed by atoms with van der Waals surface area (Å²) in [6, 6.07) is 14.3. The zero-order chi connectivity index (χ0) is 15.1. The molecule has 1 aliphatic rings. The Balaban J connectivity index is 1.77.